The lowest BCUT2D eigenvalue weighted by atomic mass is 9.96. The Morgan fingerprint density at radius 3 is 2.50 bits per heavy atom. The number of aromatic nitrogens is 2. The van der Waals surface area contributed by atoms with Gasteiger partial charge in [0.25, 0.3) is 5.91 Å². The summed E-state index contributed by atoms with van der Waals surface area (Å²) in [5, 5.41) is 11.0. The molecule has 0 aliphatic heterocycles. The van der Waals surface area contributed by atoms with Crippen LogP contribution in [0.3, 0.4) is 0 Å². The standard InChI is InChI=1S/C19H22N4O5/c1-11(24)28-18-15(26-2)8-12(9-16(18)27-3)10-20-23-19(25)17-13-6-4-5-7-14(13)21-22-17/h8-10H,4-7H2,1-3H3,(H,21,22)(H,23,25). The van der Waals surface area contributed by atoms with E-state index in [-0.39, 0.29) is 11.7 Å². The number of amides is 1. The third-order valence-corrected chi connectivity index (χ3v) is 4.38. The number of benzene rings is 1. The van der Waals surface area contributed by atoms with E-state index in [0.29, 0.717) is 22.8 Å². The zero-order valence-electron chi connectivity index (χ0n) is 16.0. The molecular formula is C19H22N4O5. The molecule has 3 rings (SSSR count). The molecule has 9 heteroatoms. The first-order valence-corrected chi connectivity index (χ1v) is 8.87. The van der Waals surface area contributed by atoms with Crippen LogP contribution in [0.25, 0.3) is 0 Å². The smallest absolute Gasteiger partial charge is 0.308 e. The lowest BCUT2D eigenvalue weighted by molar-refractivity contribution is -0.132. The maximum Gasteiger partial charge on any atom is 0.308 e. The second kappa shape index (κ2) is 8.55. The SMILES string of the molecule is COc1cc(C=NNC(=O)c2n[nH]c3c2CCCC3)cc(OC)c1OC(C)=O. The number of hydrogen-bond donors (Lipinski definition) is 2. The van der Waals surface area contributed by atoms with Gasteiger partial charge in [-0.2, -0.15) is 10.2 Å². The van der Waals surface area contributed by atoms with Gasteiger partial charge in [-0.3, -0.25) is 14.7 Å². The van der Waals surface area contributed by atoms with Gasteiger partial charge >= 0.3 is 5.97 Å². The van der Waals surface area contributed by atoms with Crippen LogP contribution in [0.15, 0.2) is 17.2 Å². The molecule has 0 fully saturated rings. The number of nitrogens with one attached hydrogen (secondary N) is 2. The first-order chi connectivity index (χ1) is 13.5. The van der Waals surface area contributed by atoms with Gasteiger partial charge in [-0.1, -0.05) is 0 Å². The number of H-pyrrole nitrogens is 1. The average Bonchev–Trinajstić information content (AvgIpc) is 3.12. The molecule has 0 bridgehead atoms. The van der Waals surface area contributed by atoms with Crippen molar-refractivity contribution in [2.45, 2.75) is 32.6 Å². The van der Waals surface area contributed by atoms with Crippen LogP contribution in [0, 0.1) is 0 Å². The van der Waals surface area contributed by atoms with Crippen LogP contribution in [0.4, 0.5) is 0 Å². The van der Waals surface area contributed by atoms with Crippen LogP contribution in [0.2, 0.25) is 0 Å². The van der Waals surface area contributed by atoms with Crippen molar-refractivity contribution < 1.29 is 23.8 Å². The maximum atomic E-state index is 12.4. The number of methoxy groups -OCH3 is 2. The highest BCUT2D eigenvalue weighted by Crippen LogP contribution is 2.38. The Balaban J connectivity index is 1.76. The molecule has 0 spiro atoms. The maximum absolute atomic E-state index is 12.4. The van der Waals surface area contributed by atoms with Crippen LogP contribution in [-0.2, 0) is 17.6 Å². The van der Waals surface area contributed by atoms with E-state index in [9.17, 15) is 9.59 Å². The van der Waals surface area contributed by atoms with Gasteiger partial charge in [0, 0.05) is 23.7 Å². The van der Waals surface area contributed by atoms with Gasteiger partial charge in [0.1, 0.15) is 0 Å². The number of fused-ring (bicyclic) bond motifs is 1. The minimum atomic E-state index is -0.493. The number of nitrogens with zero attached hydrogens (tertiary/aromatic N) is 2. The van der Waals surface area contributed by atoms with Gasteiger partial charge in [0.15, 0.2) is 17.2 Å². The number of hydrogen-bond acceptors (Lipinski definition) is 7. The molecule has 148 valence electrons. The van der Waals surface area contributed by atoms with E-state index in [1.807, 2.05) is 0 Å². The summed E-state index contributed by atoms with van der Waals surface area (Å²) in [6.07, 6.45) is 5.34. The van der Waals surface area contributed by atoms with Crippen molar-refractivity contribution in [3.05, 3.63) is 34.6 Å². The number of aromatic amines is 1. The molecule has 0 atom stereocenters. The molecule has 1 amide bonds. The third kappa shape index (κ3) is 4.13. The predicted octanol–water partition coefficient (Wildman–Crippen LogP) is 1.99. The van der Waals surface area contributed by atoms with Crippen molar-refractivity contribution in [1.29, 1.82) is 0 Å². The van der Waals surface area contributed by atoms with E-state index in [4.69, 9.17) is 14.2 Å². The van der Waals surface area contributed by atoms with E-state index in [1.165, 1.54) is 27.4 Å². The number of hydrazone groups is 1. The summed E-state index contributed by atoms with van der Waals surface area (Å²) in [5.74, 6) is -0.0621. The molecule has 0 radical (unpaired) electrons. The Kier molecular flexibility index (Phi) is 5.93. The molecule has 0 saturated heterocycles. The molecule has 1 aliphatic rings. The quantitative estimate of drug-likeness (QED) is 0.340. The largest absolute Gasteiger partial charge is 0.493 e. The van der Waals surface area contributed by atoms with Crippen molar-refractivity contribution in [1.82, 2.24) is 15.6 Å². The summed E-state index contributed by atoms with van der Waals surface area (Å²) in [5.41, 5.74) is 5.45. The van der Waals surface area contributed by atoms with Gasteiger partial charge < -0.3 is 14.2 Å². The Hall–Kier alpha value is -3.36. The van der Waals surface area contributed by atoms with Crippen LogP contribution in [0.1, 0.15) is 47.1 Å². The molecular weight excluding hydrogens is 364 g/mol. The second-order valence-corrected chi connectivity index (χ2v) is 6.28. The number of carbonyl (C=O) groups is 2. The van der Waals surface area contributed by atoms with Gasteiger partial charge in [0.05, 0.1) is 20.4 Å². The van der Waals surface area contributed by atoms with E-state index >= 15 is 0 Å². The molecule has 1 aromatic carbocycles. The summed E-state index contributed by atoms with van der Waals surface area (Å²) in [4.78, 5) is 23.7. The van der Waals surface area contributed by atoms with Crippen LogP contribution >= 0.6 is 0 Å². The minimum absolute atomic E-state index is 0.182. The highest BCUT2D eigenvalue weighted by atomic mass is 16.6. The van der Waals surface area contributed by atoms with Crippen molar-refractivity contribution in [3.8, 4) is 17.2 Å². The highest BCUT2D eigenvalue weighted by Gasteiger charge is 2.21. The average molecular weight is 386 g/mol. The summed E-state index contributed by atoms with van der Waals surface area (Å²) in [6, 6.07) is 3.24. The fourth-order valence-corrected chi connectivity index (χ4v) is 3.11. The second-order valence-electron chi connectivity index (χ2n) is 6.28. The normalized spacial score (nSPS) is 13.1. The van der Waals surface area contributed by atoms with E-state index in [1.54, 1.807) is 12.1 Å². The van der Waals surface area contributed by atoms with Gasteiger partial charge in [0.2, 0.25) is 5.75 Å². The van der Waals surface area contributed by atoms with E-state index in [0.717, 1.165) is 36.9 Å². The molecule has 28 heavy (non-hydrogen) atoms. The summed E-state index contributed by atoms with van der Waals surface area (Å²) in [7, 11) is 2.90. The van der Waals surface area contributed by atoms with Crippen molar-refractivity contribution in [2.75, 3.05) is 14.2 Å². The summed E-state index contributed by atoms with van der Waals surface area (Å²) < 4.78 is 15.7. The van der Waals surface area contributed by atoms with Crippen molar-refractivity contribution in [3.63, 3.8) is 0 Å². The fourth-order valence-electron chi connectivity index (χ4n) is 3.11. The number of carbonyl (C=O) groups excluding carboxylic acids is 2. The van der Waals surface area contributed by atoms with Gasteiger partial charge in [-0.05, 0) is 37.8 Å². The molecule has 0 unspecified atom stereocenters. The Labute approximate surface area is 162 Å². The minimum Gasteiger partial charge on any atom is -0.493 e. The van der Waals surface area contributed by atoms with Crippen molar-refractivity contribution >= 4 is 18.1 Å². The molecule has 1 aliphatic carbocycles. The number of rotatable bonds is 6. The summed E-state index contributed by atoms with van der Waals surface area (Å²) in [6.45, 7) is 1.29. The third-order valence-electron chi connectivity index (χ3n) is 4.38. The van der Waals surface area contributed by atoms with Gasteiger partial charge in [-0.15, -0.1) is 0 Å². The lowest BCUT2D eigenvalue weighted by Crippen LogP contribution is -2.20. The van der Waals surface area contributed by atoms with Crippen LogP contribution in [0.5, 0.6) is 17.2 Å². The fraction of sp³-hybridized carbons (Fsp3) is 0.368. The zero-order chi connectivity index (χ0) is 20.1. The predicted molar refractivity (Wildman–Crippen MR) is 101 cm³/mol. The van der Waals surface area contributed by atoms with E-state index in [2.05, 4.69) is 20.7 Å². The molecule has 0 saturated carbocycles. The summed E-state index contributed by atoms with van der Waals surface area (Å²) >= 11 is 0. The molecule has 1 heterocycles. The topological polar surface area (TPSA) is 115 Å². The monoisotopic (exact) mass is 386 g/mol. The number of ether oxygens (including phenoxy) is 3. The van der Waals surface area contributed by atoms with Crippen LogP contribution in [-0.4, -0.2) is 42.5 Å². The Morgan fingerprint density at radius 2 is 1.86 bits per heavy atom. The zero-order valence-corrected chi connectivity index (χ0v) is 16.0. The Bertz CT molecular complexity index is 894. The molecule has 9 nitrogen and oxygen atoms in total. The van der Waals surface area contributed by atoms with Crippen LogP contribution < -0.4 is 19.6 Å². The van der Waals surface area contributed by atoms with Crippen molar-refractivity contribution in [2.24, 2.45) is 5.10 Å². The number of aryl methyl sites for hydroxylation is 1. The lowest BCUT2D eigenvalue weighted by Gasteiger charge is -2.13. The first-order valence-electron chi connectivity index (χ1n) is 8.87. The molecule has 2 N–H and O–H groups in total. The molecule has 1 aromatic heterocycles. The number of esters is 1. The highest BCUT2D eigenvalue weighted by molar-refractivity contribution is 5.95. The first kappa shape index (κ1) is 19.4. The molecule has 2 aromatic rings. The van der Waals surface area contributed by atoms with E-state index < -0.39 is 5.97 Å². The van der Waals surface area contributed by atoms with Gasteiger partial charge in [-0.25, -0.2) is 5.43 Å². The Morgan fingerprint density at radius 1 is 1.18 bits per heavy atom.